The molecule has 1 N–H and O–H groups in total. The van der Waals surface area contributed by atoms with Crippen LogP contribution in [0.25, 0.3) is 0 Å². The van der Waals surface area contributed by atoms with Gasteiger partial charge < -0.3 is 14.8 Å². The Morgan fingerprint density at radius 3 is 2.54 bits per heavy atom. The SMILES string of the molecule is COc1ccccc1C(=O)NCC(=O)OCC(=O)c1ccc(C)s1. The zero-order valence-corrected chi connectivity index (χ0v) is 14.1. The van der Waals surface area contributed by atoms with Crippen LogP contribution in [0.1, 0.15) is 24.9 Å². The van der Waals surface area contributed by atoms with Crippen molar-refractivity contribution >= 4 is 29.0 Å². The van der Waals surface area contributed by atoms with Crippen LogP contribution < -0.4 is 10.1 Å². The van der Waals surface area contributed by atoms with E-state index in [0.29, 0.717) is 16.2 Å². The molecule has 0 aliphatic rings. The van der Waals surface area contributed by atoms with Crippen molar-refractivity contribution in [2.45, 2.75) is 6.92 Å². The molecule has 2 rings (SSSR count). The highest BCUT2D eigenvalue weighted by atomic mass is 32.1. The van der Waals surface area contributed by atoms with Crippen molar-refractivity contribution < 1.29 is 23.9 Å². The van der Waals surface area contributed by atoms with Crippen LogP contribution in [0.15, 0.2) is 36.4 Å². The van der Waals surface area contributed by atoms with Gasteiger partial charge >= 0.3 is 5.97 Å². The second-order valence-electron chi connectivity index (χ2n) is 4.88. The van der Waals surface area contributed by atoms with Gasteiger partial charge in [0, 0.05) is 4.88 Å². The molecule has 1 aromatic heterocycles. The highest BCUT2D eigenvalue weighted by molar-refractivity contribution is 7.14. The number of ketones is 1. The third kappa shape index (κ3) is 4.66. The number of thiophene rings is 1. The first-order valence-electron chi connectivity index (χ1n) is 7.17. The maximum absolute atomic E-state index is 12.0. The van der Waals surface area contributed by atoms with Gasteiger partial charge in [-0.25, -0.2) is 0 Å². The Bertz CT molecular complexity index is 753. The smallest absolute Gasteiger partial charge is 0.325 e. The Labute approximate surface area is 143 Å². The summed E-state index contributed by atoms with van der Waals surface area (Å²) < 4.78 is 9.97. The van der Waals surface area contributed by atoms with Gasteiger partial charge in [-0.05, 0) is 31.2 Å². The first-order valence-corrected chi connectivity index (χ1v) is 7.99. The number of carbonyl (C=O) groups excluding carboxylic acids is 3. The maximum Gasteiger partial charge on any atom is 0.325 e. The summed E-state index contributed by atoms with van der Waals surface area (Å²) in [7, 11) is 1.46. The summed E-state index contributed by atoms with van der Waals surface area (Å²) >= 11 is 1.34. The normalized spacial score (nSPS) is 10.1. The summed E-state index contributed by atoms with van der Waals surface area (Å²) in [5.74, 6) is -0.992. The molecule has 126 valence electrons. The lowest BCUT2D eigenvalue weighted by Gasteiger charge is -2.08. The minimum Gasteiger partial charge on any atom is -0.496 e. The van der Waals surface area contributed by atoms with Gasteiger partial charge in [-0.1, -0.05) is 12.1 Å². The van der Waals surface area contributed by atoms with Crippen LogP contribution >= 0.6 is 11.3 Å². The second-order valence-corrected chi connectivity index (χ2v) is 6.17. The molecule has 0 fully saturated rings. The van der Waals surface area contributed by atoms with Crippen LogP contribution in [-0.4, -0.2) is 37.9 Å². The van der Waals surface area contributed by atoms with Crippen molar-refractivity contribution in [2.75, 3.05) is 20.3 Å². The molecule has 6 nitrogen and oxygen atoms in total. The highest BCUT2D eigenvalue weighted by Gasteiger charge is 2.15. The summed E-state index contributed by atoms with van der Waals surface area (Å²) in [5.41, 5.74) is 0.318. The molecule has 1 amide bonds. The van der Waals surface area contributed by atoms with E-state index in [1.54, 1.807) is 30.3 Å². The molecule has 7 heteroatoms. The number of hydrogen-bond donors (Lipinski definition) is 1. The van der Waals surface area contributed by atoms with E-state index in [4.69, 9.17) is 9.47 Å². The van der Waals surface area contributed by atoms with E-state index >= 15 is 0 Å². The zero-order valence-electron chi connectivity index (χ0n) is 13.3. The third-order valence-corrected chi connectivity index (χ3v) is 4.17. The third-order valence-electron chi connectivity index (χ3n) is 3.12. The number of hydrogen-bond acceptors (Lipinski definition) is 6. The number of amides is 1. The fourth-order valence-corrected chi connectivity index (χ4v) is 2.72. The molecule has 0 atom stereocenters. The molecule has 0 bridgehead atoms. The molecule has 0 spiro atoms. The molecular formula is C17H17NO5S. The van der Waals surface area contributed by atoms with Gasteiger partial charge in [0.25, 0.3) is 5.91 Å². The molecule has 24 heavy (non-hydrogen) atoms. The monoisotopic (exact) mass is 347 g/mol. The fourth-order valence-electron chi connectivity index (χ4n) is 1.93. The van der Waals surface area contributed by atoms with Gasteiger partial charge in [0.05, 0.1) is 17.6 Å². The summed E-state index contributed by atoms with van der Waals surface area (Å²) in [4.78, 5) is 37.1. The first kappa shape index (κ1) is 17.7. The van der Waals surface area contributed by atoms with Gasteiger partial charge in [0.1, 0.15) is 12.3 Å². The van der Waals surface area contributed by atoms with Gasteiger partial charge in [0.2, 0.25) is 5.78 Å². The predicted octanol–water partition coefficient (Wildman–Crippen LogP) is 2.22. The average molecular weight is 347 g/mol. The lowest BCUT2D eigenvalue weighted by molar-refractivity contribution is -0.141. The van der Waals surface area contributed by atoms with E-state index in [-0.39, 0.29) is 18.9 Å². The molecule has 0 radical (unpaired) electrons. The van der Waals surface area contributed by atoms with Crippen molar-refractivity contribution in [3.8, 4) is 5.75 Å². The number of rotatable bonds is 7. The fraction of sp³-hybridized carbons (Fsp3) is 0.235. The average Bonchev–Trinajstić information content (AvgIpc) is 3.04. The maximum atomic E-state index is 12.0. The number of methoxy groups -OCH3 is 1. The highest BCUT2D eigenvalue weighted by Crippen LogP contribution is 2.17. The van der Waals surface area contributed by atoms with Crippen LogP contribution in [0.4, 0.5) is 0 Å². The minimum absolute atomic E-state index is 0.266. The van der Waals surface area contributed by atoms with Gasteiger partial charge in [-0.2, -0.15) is 0 Å². The zero-order chi connectivity index (χ0) is 17.5. The Kier molecular flexibility index (Phi) is 6.08. The van der Waals surface area contributed by atoms with Crippen LogP contribution in [0.2, 0.25) is 0 Å². The van der Waals surface area contributed by atoms with Gasteiger partial charge in [-0.15, -0.1) is 11.3 Å². The number of carbonyl (C=O) groups is 3. The van der Waals surface area contributed by atoms with Crippen LogP contribution in [0.5, 0.6) is 5.75 Å². The van der Waals surface area contributed by atoms with Crippen LogP contribution in [-0.2, 0) is 9.53 Å². The molecule has 1 aromatic carbocycles. The van der Waals surface area contributed by atoms with Gasteiger partial charge in [0.15, 0.2) is 6.61 Å². The van der Waals surface area contributed by atoms with E-state index in [9.17, 15) is 14.4 Å². The molecule has 0 unspecified atom stereocenters. The number of Topliss-reactive ketones (excluding diaryl/α,β-unsaturated/α-hetero) is 1. The minimum atomic E-state index is -0.681. The predicted molar refractivity (Wildman–Crippen MR) is 89.7 cm³/mol. The topological polar surface area (TPSA) is 81.7 Å². The summed E-state index contributed by atoms with van der Waals surface area (Å²) in [6.45, 7) is 1.22. The van der Waals surface area contributed by atoms with Crippen molar-refractivity contribution in [3.63, 3.8) is 0 Å². The van der Waals surface area contributed by atoms with Crippen molar-refractivity contribution in [1.29, 1.82) is 0 Å². The quantitative estimate of drug-likeness (QED) is 0.613. The van der Waals surface area contributed by atoms with Crippen LogP contribution in [0.3, 0.4) is 0 Å². The molecule has 1 heterocycles. The Hall–Kier alpha value is -2.67. The van der Waals surface area contributed by atoms with E-state index in [1.165, 1.54) is 18.4 Å². The number of para-hydroxylation sites is 1. The van der Waals surface area contributed by atoms with E-state index in [2.05, 4.69) is 5.32 Å². The molecule has 0 saturated carbocycles. The van der Waals surface area contributed by atoms with Gasteiger partial charge in [-0.3, -0.25) is 14.4 Å². The molecular weight excluding hydrogens is 330 g/mol. The summed E-state index contributed by atoms with van der Waals surface area (Å²) in [5, 5.41) is 2.44. The Balaban J connectivity index is 1.80. The van der Waals surface area contributed by atoms with E-state index in [0.717, 1.165) is 4.88 Å². The largest absolute Gasteiger partial charge is 0.496 e. The number of ether oxygens (including phenoxy) is 2. The first-order chi connectivity index (χ1) is 11.5. The summed E-state index contributed by atoms with van der Waals surface area (Å²) in [6, 6.07) is 10.2. The standard InChI is InChI=1S/C17H17NO5S/c1-11-7-8-15(24-11)13(19)10-23-16(20)9-18-17(21)12-5-3-4-6-14(12)22-2/h3-8H,9-10H2,1-2H3,(H,18,21). The van der Waals surface area contributed by atoms with Crippen molar-refractivity contribution in [1.82, 2.24) is 5.32 Å². The van der Waals surface area contributed by atoms with Crippen molar-refractivity contribution in [3.05, 3.63) is 51.7 Å². The Morgan fingerprint density at radius 1 is 1.12 bits per heavy atom. The number of aryl methyl sites for hydroxylation is 1. The number of esters is 1. The van der Waals surface area contributed by atoms with E-state index in [1.807, 2.05) is 13.0 Å². The second kappa shape index (κ2) is 8.26. The van der Waals surface area contributed by atoms with Crippen molar-refractivity contribution in [2.24, 2.45) is 0 Å². The number of nitrogens with one attached hydrogen (secondary N) is 1. The Morgan fingerprint density at radius 2 is 1.88 bits per heavy atom. The lowest BCUT2D eigenvalue weighted by Crippen LogP contribution is -2.31. The molecule has 0 saturated heterocycles. The van der Waals surface area contributed by atoms with E-state index < -0.39 is 11.9 Å². The van der Waals surface area contributed by atoms with Crippen LogP contribution in [0, 0.1) is 6.92 Å². The number of benzene rings is 1. The molecule has 2 aromatic rings. The molecule has 0 aliphatic heterocycles. The molecule has 0 aliphatic carbocycles. The summed E-state index contributed by atoms with van der Waals surface area (Å²) in [6.07, 6.45) is 0. The lowest BCUT2D eigenvalue weighted by atomic mass is 10.2.